The topological polar surface area (TPSA) is 24.9 Å². The Labute approximate surface area is 128 Å². The van der Waals surface area contributed by atoms with Gasteiger partial charge in [-0.15, -0.1) is 0 Å². The molecule has 2 aromatic rings. The molecule has 0 aliphatic heterocycles. The number of para-hydroxylation sites is 1. The van der Waals surface area contributed by atoms with Crippen molar-refractivity contribution in [3.05, 3.63) is 36.0 Å². The van der Waals surface area contributed by atoms with Gasteiger partial charge in [-0.05, 0) is 56.6 Å². The Bertz CT molecular complexity index is 610. The highest BCUT2D eigenvalue weighted by Gasteiger charge is 2.23. The number of pyridine rings is 1. The third-order valence-corrected chi connectivity index (χ3v) is 4.93. The fraction of sp³-hybridized carbons (Fsp3) is 0.526. The van der Waals surface area contributed by atoms with E-state index in [1.54, 1.807) is 0 Å². The van der Waals surface area contributed by atoms with E-state index in [9.17, 15) is 0 Å². The molecular weight excluding hydrogens is 256 g/mol. The molecular formula is C19H26N2. The lowest BCUT2D eigenvalue weighted by atomic mass is 9.79. The number of hydrogen-bond donors (Lipinski definition) is 1. The average Bonchev–Trinajstić information content (AvgIpc) is 2.48. The molecule has 1 heterocycles. The SMILES string of the molecule is Cc1ccc2cccc(NC3CCC(C(C)C)CC3)c2n1. The molecule has 1 aliphatic carbocycles. The summed E-state index contributed by atoms with van der Waals surface area (Å²) in [5.41, 5.74) is 3.40. The van der Waals surface area contributed by atoms with E-state index in [0.717, 1.165) is 23.0 Å². The highest BCUT2D eigenvalue weighted by Crippen LogP contribution is 2.32. The van der Waals surface area contributed by atoms with Crippen molar-refractivity contribution >= 4 is 16.6 Å². The number of anilines is 1. The summed E-state index contributed by atoms with van der Waals surface area (Å²) in [7, 11) is 0. The maximum atomic E-state index is 4.72. The number of hydrogen-bond acceptors (Lipinski definition) is 2. The number of rotatable bonds is 3. The van der Waals surface area contributed by atoms with E-state index in [1.807, 2.05) is 0 Å². The van der Waals surface area contributed by atoms with Gasteiger partial charge in [0.05, 0.1) is 11.2 Å². The zero-order valence-electron chi connectivity index (χ0n) is 13.4. The molecule has 2 heteroatoms. The maximum Gasteiger partial charge on any atom is 0.0936 e. The van der Waals surface area contributed by atoms with Crippen molar-refractivity contribution in [2.45, 2.75) is 52.5 Å². The van der Waals surface area contributed by atoms with Crippen LogP contribution >= 0.6 is 0 Å². The summed E-state index contributed by atoms with van der Waals surface area (Å²) in [5.74, 6) is 1.74. The van der Waals surface area contributed by atoms with Crippen LogP contribution in [0.2, 0.25) is 0 Å². The molecule has 112 valence electrons. The van der Waals surface area contributed by atoms with Crippen molar-refractivity contribution in [2.24, 2.45) is 11.8 Å². The highest BCUT2D eigenvalue weighted by molar-refractivity contribution is 5.90. The van der Waals surface area contributed by atoms with Crippen molar-refractivity contribution in [2.75, 3.05) is 5.32 Å². The van der Waals surface area contributed by atoms with Gasteiger partial charge >= 0.3 is 0 Å². The van der Waals surface area contributed by atoms with Crippen LogP contribution in [0.1, 0.15) is 45.2 Å². The van der Waals surface area contributed by atoms with Gasteiger partial charge in [-0.2, -0.15) is 0 Å². The van der Waals surface area contributed by atoms with Crippen LogP contribution in [0, 0.1) is 18.8 Å². The number of fused-ring (bicyclic) bond motifs is 1. The average molecular weight is 282 g/mol. The van der Waals surface area contributed by atoms with Crippen LogP contribution in [0.25, 0.3) is 10.9 Å². The van der Waals surface area contributed by atoms with Crippen molar-refractivity contribution in [3.63, 3.8) is 0 Å². The second-order valence-corrected chi connectivity index (χ2v) is 6.83. The fourth-order valence-electron chi connectivity index (χ4n) is 3.51. The Morgan fingerprint density at radius 2 is 1.81 bits per heavy atom. The standard InChI is InChI=1S/C19H26N2/c1-13(2)15-9-11-17(12-10-15)21-18-6-4-5-16-8-7-14(3)20-19(16)18/h4-8,13,15,17,21H,9-12H2,1-3H3. The monoisotopic (exact) mass is 282 g/mol. The largest absolute Gasteiger partial charge is 0.381 e. The number of nitrogens with one attached hydrogen (secondary N) is 1. The molecule has 1 saturated carbocycles. The lowest BCUT2D eigenvalue weighted by molar-refractivity contribution is 0.267. The smallest absolute Gasteiger partial charge is 0.0936 e. The maximum absolute atomic E-state index is 4.72. The lowest BCUT2D eigenvalue weighted by Gasteiger charge is -2.32. The molecule has 0 amide bonds. The Kier molecular flexibility index (Phi) is 4.14. The first-order valence-electron chi connectivity index (χ1n) is 8.26. The summed E-state index contributed by atoms with van der Waals surface area (Å²) < 4.78 is 0. The van der Waals surface area contributed by atoms with Gasteiger partial charge in [0.15, 0.2) is 0 Å². The van der Waals surface area contributed by atoms with E-state index in [0.29, 0.717) is 6.04 Å². The van der Waals surface area contributed by atoms with E-state index in [-0.39, 0.29) is 0 Å². The summed E-state index contributed by atoms with van der Waals surface area (Å²) in [6.45, 7) is 6.77. The van der Waals surface area contributed by atoms with E-state index in [2.05, 4.69) is 56.4 Å². The molecule has 0 saturated heterocycles. The number of benzene rings is 1. The Hall–Kier alpha value is -1.57. The van der Waals surface area contributed by atoms with Gasteiger partial charge in [0.2, 0.25) is 0 Å². The third-order valence-electron chi connectivity index (χ3n) is 4.93. The molecule has 1 N–H and O–H groups in total. The predicted octanol–water partition coefficient (Wildman–Crippen LogP) is 5.17. The molecule has 1 aromatic carbocycles. The molecule has 0 bridgehead atoms. The minimum atomic E-state index is 0.605. The van der Waals surface area contributed by atoms with Gasteiger partial charge in [0.25, 0.3) is 0 Å². The third kappa shape index (κ3) is 3.20. The van der Waals surface area contributed by atoms with Crippen LogP contribution < -0.4 is 5.32 Å². The molecule has 0 atom stereocenters. The highest BCUT2D eigenvalue weighted by atomic mass is 14.9. The summed E-state index contributed by atoms with van der Waals surface area (Å²) in [6, 6.07) is 11.3. The van der Waals surface area contributed by atoms with Crippen LogP contribution in [0.15, 0.2) is 30.3 Å². The van der Waals surface area contributed by atoms with Gasteiger partial charge in [0.1, 0.15) is 0 Å². The molecule has 1 aliphatic rings. The van der Waals surface area contributed by atoms with Gasteiger partial charge in [0, 0.05) is 17.1 Å². The van der Waals surface area contributed by atoms with E-state index < -0.39 is 0 Å². The zero-order chi connectivity index (χ0) is 14.8. The summed E-state index contributed by atoms with van der Waals surface area (Å²) in [5, 5.41) is 4.97. The van der Waals surface area contributed by atoms with E-state index >= 15 is 0 Å². The second-order valence-electron chi connectivity index (χ2n) is 6.83. The van der Waals surface area contributed by atoms with Gasteiger partial charge < -0.3 is 5.32 Å². The number of aryl methyl sites for hydroxylation is 1. The first-order valence-corrected chi connectivity index (χ1v) is 8.26. The predicted molar refractivity (Wildman–Crippen MR) is 90.7 cm³/mol. The second kappa shape index (κ2) is 6.05. The van der Waals surface area contributed by atoms with Crippen molar-refractivity contribution in [1.82, 2.24) is 4.98 Å². The summed E-state index contributed by atoms with van der Waals surface area (Å²) >= 11 is 0. The van der Waals surface area contributed by atoms with Gasteiger partial charge in [-0.1, -0.05) is 32.0 Å². The van der Waals surface area contributed by atoms with Crippen LogP contribution in [0.4, 0.5) is 5.69 Å². The molecule has 1 aromatic heterocycles. The first-order chi connectivity index (χ1) is 10.1. The van der Waals surface area contributed by atoms with Crippen LogP contribution in [0.3, 0.4) is 0 Å². The zero-order valence-corrected chi connectivity index (χ0v) is 13.4. The normalized spacial score (nSPS) is 22.7. The number of nitrogens with zero attached hydrogens (tertiary/aromatic N) is 1. The summed E-state index contributed by atoms with van der Waals surface area (Å²) in [6.07, 6.45) is 5.27. The van der Waals surface area contributed by atoms with Gasteiger partial charge in [-0.25, -0.2) is 0 Å². The van der Waals surface area contributed by atoms with Crippen molar-refractivity contribution in [1.29, 1.82) is 0 Å². The molecule has 0 unspecified atom stereocenters. The van der Waals surface area contributed by atoms with Gasteiger partial charge in [-0.3, -0.25) is 4.98 Å². The first kappa shape index (κ1) is 14.4. The lowest BCUT2D eigenvalue weighted by Crippen LogP contribution is -2.28. The van der Waals surface area contributed by atoms with E-state index in [1.165, 1.54) is 36.8 Å². The van der Waals surface area contributed by atoms with Crippen LogP contribution in [-0.4, -0.2) is 11.0 Å². The molecule has 0 radical (unpaired) electrons. The summed E-state index contributed by atoms with van der Waals surface area (Å²) in [4.78, 5) is 4.72. The van der Waals surface area contributed by atoms with E-state index in [4.69, 9.17) is 4.98 Å². The molecule has 0 spiro atoms. The molecule has 21 heavy (non-hydrogen) atoms. The molecule has 1 fully saturated rings. The Morgan fingerprint density at radius 3 is 2.52 bits per heavy atom. The Balaban J connectivity index is 1.75. The minimum absolute atomic E-state index is 0.605. The molecule has 2 nitrogen and oxygen atoms in total. The van der Waals surface area contributed by atoms with Crippen LogP contribution in [-0.2, 0) is 0 Å². The fourth-order valence-corrected chi connectivity index (χ4v) is 3.51. The van der Waals surface area contributed by atoms with Crippen LogP contribution in [0.5, 0.6) is 0 Å². The van der Waals surface area contributed by atoms with Crippen molar-refractivity contribution < 1.29 is 0 Å². The molecule has 3 rings (SSSR count). The Morgan fingerprint density at radius 1 is 1.05 bits per heavy atom. The number of aromatic nitrogens is 1. The van der Waals surface area contributed by atoms with Crippen molar-refractivity contribution in [3.8, 4) is 0 Å². The minimum Gasteiger partial charge on any atom is -0.381 e. The quantitative estimate of drug-likeness (QED) is 0.840.